The summed E-state index contributed by atoms with van der Waals surface area (Å²) >= 11 is 10.2. The Hall–Kier alpha value is -3.78. The van der Waals surface area contributed by atoms with Crippen molar-refractivity contribution >= 4 is 103 Å². The van der Waals surface area contributed by atoms with Crippen LogP contribution in [0.1, 0.15) is 0 Å². The molecule has 0 aliphatic carbocycles. The Balaban J connectivity index is 0.000000133. The minimum atomic E-state index is -1.45. The fraction of sp³-hybridized carbons (Fsp3) is 0. The number of hydrogen-bond donors (Lipinski definition) is 2. The molecule has 8 aromatic rings. The van der Waals surface area contributed by atoms with Crippen molar-refractivity contribution in [2.45, 2.75) is 0 Å². The first-order valence-electron chi connectivity index (χ1n) is 14.7. The quantitative estimate of drug-likeness (QED) is 0.135. The monoisotopic (exact) mass is 788 g/mol. The average Bonchev–Trinajstić information content (AvgIpc) is 3.08. The van der Waals surface area contributed by atoms with E-state index in [-0.39, 0.29) is 0 Å². The van der Waals surface area contributed by atoms with E-state index in [4.69, 9.17) is 0 Å². The Labute approximate surface area is 293 Å². The summed E-state index contributed by atoms with van der Waals surface area (Å²) in [5.41, 5.74) is 3.15. The minimum Gasteiger partial charge on any atom is -0.423 e. The summed E-state index contributed by atoms with van der Waals surface area (Å²) < 4.78 is 3.33. The maximum absolute atomic E-state index is 9.58. The smallest absolute Gasteiger partial charge is 0.423 e. The number of fused-ring (bicyclic) bond motifs is 4. The second-order valence-corrected chi connectivity index (χ2v) is 13.5. The molecule has 0 bridgehead atoms. The van der Waals surface area contributed by atoms with E-state index < -0.39 is 7.12 Å². The fourth-order valence-electron chi connectivity index (χ4n) is 5.70. The number of halogens is 3. The SMILES string of the molecule is Brc1ccc(-c2c3ccccc3cc3ccccc23)cc1.Brc1ccc(Br)cc1.OB(O)c1c2ccccc2cc2ccccc12. The normalized spacial score (nSPS) is 10.7. The van der Waals surface area contributed by atoms with Gasteiger partial charge >= 0.3 is 7.12 Å². The van der Waals surface area contributed by atoms with Crippen molar-refractivity contribution in [2.24, 2.45) is 0 Å². The van der Waals surface area contributed by atoms with Crippen molar-refractivity contribution < 1.29 is 10.0 Å². The van der Waals surface area contributed by atoms with Crippen LogP contribution in [0.3, 0.4) is 0 Å². The summed E-state index contributed by atoms with van der Waals surface area (Å²) in [5, 5.41) is 28.2. The molecule has 46 heavy (non-hydrogen) atoms. The summed E-state index contributed by atoms with van der Waals surface area (Å²) in [6.07, 6.45) is 0. The molecule has 6 heteroatoms. The zero-order valence-electron chi connectivity index (χ0n) is 24.6. The van der Waals surface area contributed by atoms with Crippen LogP contribution in [0, 0.1) is 0 Å². The molecule has 0 radical (unpaired) electrons. The molecular formula is C40H28BBr3O2. The van der Waals surface area contributed by atoms with Gasteiger partial charge in [0.2, 0.25) is 0 Å². The maximum atomic E-state index is 9.58. The van der Waals surface area contributed by atoms with Gasteiger partial charge in [-0.2, -0.15) is 0 Å². The summed E-state index contributed by atoms with van der Waals surface area (Å²) in [6.45, 7) is 0. The number of benzene rings is 8. The van der Waals surface area contributed by atoms with Crippen LogP contribution in [0.5, 0.6) is 0 Å². The van der Waals surface area contributed by atoms with Gasteiger partial charge in [-0.1, -0.05) is 157 Å². The van der Waals surface area contributed by atoms with Crippen LogP contribution in [0.2, 0.25) is 0 Å². The Kier molecular flexibility index (Phi) is 10.3. The Bertz CT molecular complexity index is 2140. The van der Waals surface area contributed by atoms with Gasteiger partial charge in [0.15, 0.2) is 0 Å². The van der Waals surface area contributed by atoms with Crippen LogP contribution >= 0.6 is 47.8 Å². The molecular weight excluding hydrogens is 763 g/mol. The van der Waals surface area contributed by atoms with Gasteiger partial charge < -0.3 is 10.0 Å². The predicted molar refractivity (Wildman–Crippen MR) is 208 cm³/mol. The second-order valence-electron chi connectivity index (χ2n) is 10.7. The zero-order valence-corrected chi connectivity index (χ0v) is 29.4. The molecule has 0 atom stereocenters. The number of rotatable bonds is 2. The van der Waals surface area contributed by atoms with Crippen LogP contribution in [0.25, 0.3) is 54.2 Å². The maximum Gasteiger partial charge on any atom is 0.489 e. The summed E-state index contributed by atoms with van der Waals surface area (Å²) in [7, 11) is -1.45. The molecule has 2 nitrogen and oxygen atoms in total. The molecule has 2 N–H and O–H groups in total. The highest BCUT2D eigenvalue weighted by Gasteiger charge is 2.18. The standard InChI is InChI=1S/C20H13Br.C14H11BO2.C6H4Br2/c21-17-11-9-14(10-12-17)20-18-7-3-1-5-15(18)13-16-6-2-4-8-19(16)20;16-15(17)14-12-7-3-1-5-10(12)9-11-6-2-4-8-13(11)14;7-5-1-2-6(8)4-3-5/h1-13H;1-9,16-17H;1-4H. The van der Waals surface area contributed by atoms with E-state index in [0.717, 1.165) is 35.0 Å². The van der Waals surface area contributed by atoms with Crippen LogP contribution < -0.4 is 5.46 Å². The lowest BCUT2D eigenvalue weighted by Gasteiger charge is -2.12. The molecule has 224 valence electrons. The van der Waals surface area contributed by atoms with Crippen LogP contribution in [-0.2, 0) is 0 Å². The van der Waals surface area contributed by atoms with Crippen molar-refractivity contribution in [3.63, 3.8) is 0 Å². The average molecular weight is 791 g/mol. The van der Waals surface area contributed by atoms with Gasteiger partial charge in [0, 0.05) is 13.4 Å². The van der Waals surface area contributed by atoms with Crippen LogP contribution in [0.15, 0.2) is 171 Å². The van der Waals surface area contributed by atoms with E-state index in [0.29, 0.717) is 5.46 Å². The van der Waals surface area contributed by atoms with Crippen molar-refractivity contribution in [3.8, 4) is 11.1 Å². The van der Waals surface area contributed by atoms with Gasteiger partial charge in [-0.25, -0.2) is 0 Å². The molecule has 0 aliphatic rings. The molecule has 0 amide bonds. The largest absolute Gasteiger partial charge is 0.489 e. The predicted octanol–water partition coefficient (Wildman–Crippen LogP) is 11.3. The summed E-state index contributed by atoms with van der Waals surface area (Å²) in [4.78, 5) is 0. The van der Waals surface area contributed by atoms with Gasteiger partial charge in [-0.05, 0) is 108 Å². The van der Waals surface area contributed by atoms with E-state index in [1.54, 1.807) is 0 Å². The third-order valence-corrected chi connectivity index (χ3v) is 9.36. The lowest BCUT2D eigenvalue weighted by molar-refractivity contribution is 0.426. The van der Waals surface area contributed by atoms with E-state index in [1.165, 1.54) is 32.7 Å². The molecule has 0 fully saturated rings. The minimum absolute atomic E-state index is 0.582. The van der Waals surface area contributed by atoms with Crippen LogP contribution in [0.4, 0.5) is 0 Å². The molecule has 0 aromatic heterocycles. The first kappa shape index (κ1) is 32.2. The van der Waals surface area contributed by atoms with Gasteiger partial charge in [-0.3, -0.25) is 0 Å². The Morgan fingerprint density at radius 1 is 0.370 bits per heavy atom. The second kappa shape index (κ2) is 14.8. The van der Waals surface area contributed by atoms with Gasteiger partial charge in [0.25, 0.3) is 0 Å². The third-order valence-electron chi connectivity index (χ3n) is 7.78. The highest BCUT2D eigenvalue weighted by Crippen LogP contribution is 2.36. The molecule has 8 aromatic carbocycles. The highest BCUT2D eigenvalue weighted by atomic mass is 79.9. The molecule has 0 heterocycles. The molecule has 0 aliphatic heterocycles. The topological polar surface area (TPSA) is 40.5 Å². The van der Waals surface area contributed by atoms with E-state index in [1.807, 2.05) is 72.8 Å². The molecule has 0 unspecified atom stereocenters. The van der Waals surface area contributed by atoms with Gasteiger partial charge in [0.1, 0.15) is 0 Å². The van der Waals surface area contributed by atoms with Crippen molar-refractivity contribution in [1.82, 2.24) is 0 Å². The van der Waals surface area contributed by atoms with E-state index in [2.05, 4.69) is 133 Å². The molecule has 0 spiro atoms. The highest BCUT2D eigenvalue weighted by molar-refractivity contribution is 9.11. The van der Waals surface area contributed by atoms with Crippen LogP contribution in [-0.4, -0.2) is 17.2 Å². The van der Waals surface area contributed by atoms with Gasteiger partial charge in [-0.15, -0.1) is 0 Å². The van der Waals surface area contributed by atoms with Crippen molar-refractivity contribution in [3.05, 3.63) is 171 Å². The van der Waals surface area contributed by atoms with Crippen molar-refractivity contribution in [2.75, 3.05) is 0 Å². The van der Waals surface area contributed by atoms with Crippen molar-refractivity contribution in [1.29, 1.82) is 0 Å². The van der Waals surface area contributed by atoms with Gasteiger partial charge in [0.05, 0.1) is 0 Å². The lowest BCUT2D eigenvalue weighted by atomic mass is 9.74. The van der Waals surface area contributed by atoms with E-state index in [9.17, 15) is 10.0 Å². The van der Waals surface area contributed by atoms with E-state index >= 15 is 0 Å². The zero-order chi connectivity index (χ0) is 32.0. The summed E-state index contributed by atoms with van der Waals surface area (Å²) in [5.74, 6) is 0. The third kappa shape index (κ3) is 7.28. The molecule has 8 rings (SSSR count). The fourth-order valence-corrected chi connectivity index (χ4v) is 6.49. The number of hydrogen-bond acceptors (Lipinski definition) is 2. The first-order valence-corrected chi connectivity index (χ1v) is 17.1. The summed E-state index contributed by atoms with van der Waals surface area (Å²) in [6, 6.07) is 53.6. The Morgan fingerprint density at radius 3 is 1.04 bits per heavy atom. The first-order chi connectivity index (χ1) is 22.4. The molecule has 0 saturated heterocycles. The lowest BCUT2D eigenvalue weighted by Crippen LogP contribution is -2.31. The Morgan fingerprint density at radius 2 is 0.674 bits per heavy atom. The molecule has 0 saturated carbocycles.